The number of nitrogens with one attached hydrogen (secondary N) is 1. The maximum atomic E-state index is 12.1. The number of hydrogen-bond acceptors (Lipinski definition) is 6. The van der Waals surface area contributed by atoms with Crippen LogP contribution in [0.2, 0.25) is 0 Å². The number of thioether (sulfide) groups is 1. The summed E-state index contributed by atoms with van der Waals surface area (Å²) < 4.78 is 30.3. The third-order valence-electron chi connectivity index (χ3n) is 3.11. The molecular formula is C17H13F2N3O2S2. The lowest BCUT2D eigenvalue weighted by molar-refractivity contribution is -0.118. The van der Waals surface area contributed by atoms with Gasteiger partial charge in [0.1, 0.15) is 5.75 Å². The lowest BCUT2D eigenvalue weighted by Crippen LogP contribution is -2.19. The van der Waals surface area contributed by atoms with Gasteiger partial charge in [-0.3, -0.25) is 4.79 Å². The lowest BCUT2D eigenvalue weighted by Gasteiger charge is -2.03. The zero-order chi connectivity index (χ0) is 18.4. The van der Waals surface area contributed by atoms with E-state index < -0.39 is 6.61 Å². The molecule has 3 rings (SSSR count). The van der Waals surface area contributed by atoms with Crippen LogP contribution in [0.1, 0.15) is 5.56 Å². The van der Waals surface area contributed by atoms with Gasteiger partial charge in [-0.25, -0.2) is 10.4 Å². The van der Waals surface area contributed by atoms with E-state index in [-0.39, 0.29) is 17.4 Å². The summed E-state index contributed by atoms with van der Waals surface area (Å²) in [5.41, 5.74) is 3.98. The van der Waals surface area contributed by atoms with Crippen LogP contribution in [-0.2, 0) is 4.79 Å². The number of aromatic nitrogens is 1. The first-order valence-corrected chi connectivity index (χ1v) is 9.25. The van der Waals surface area contributed by atoms with Crippen molar-refractivity contribution in [2.75, 3.05) is 5.75 Å². The molecule has 0 radical (unpaired) electrons. The molecule has 0 saturated heterocycles. The molecule has 0 fully saturated rings. The van der Waals surface area contributed by atoms with Gasteiger partial charge in [-0.1, -0.05) is 23.9 Å². The first-order valence-electron chi connectivity index (χ1n) is 7.45. The van der Waals surface area contributed by atoms with Crippen LogP contribution in [0.5, 0.6) is 5.75 Å². The Labute approximate surface area is 156 Å². The SMILES string of the molecule is O=C(CSc1nc2ccccc2s1)N/N=C/c1ccc(OC(F)F)cc1. The summed E-state index contributed by atoms with van der Waals surface area (Å²) in [7, 11) is 0. The molecule has 26 heavy (non-hydrogen) atoms. The molecule has 1 N–H and O–H groups in total. The number of benzene rings is 2. The number of ether oxygens (including phenoxy) is 1. The third kappa shape index (κ3) is 5.24. The highest BCUT2D eigenvalue weighted by Crippen LogP contribution is 2.28. The van der Waals surface area contributed by atoms with Crippen LogP contribution in [0.15, 0.2) is 58.0 Å². The maximum absolute atomic E-state index is 12.1. The fourth-order valence-electron chi connectivity index (χ4n) is 1.99. The Morgan fingerprint density at radius 3 is 2.77 bits per heavy atom. The second-order valence-electron chi connectivity index (χ2n) is 4.98. The van der Waals surface area contributed by atoms with Crippen LogP contribution >= 0.6 is 23.1 Å². The molecule has 1 aromatic heterocycles. The van der Waals surface area contributed by atoms with E-state index in [4.69, 9.17) is 0 Å². The molecule has 134 valence electrons. The fourth-order valence-corrected chi connectivity index (χ4v) is 3.85. The molecule has 0 saturated carbocycles. The second-order valence-corrected chi connectivity index (χ2v) is 7.23. The maximum Gasteiger partial charge on any atom is 0.387 e. The zero-order valence-corrected chi connectivity index (χ0v) is 14.9. The number of hydrazone groups is 1. The number of amides is 1. The number of fused-ring (bicyclic) bond motifs is 1. The van der Waals surface area contributed by atoms with Gasteiger partial charge in [0.2, 0.25) is 0 Å². The summed E-state index contributed by atoms with van der Waals surface area (Å²) >= 11 is 2.88. The van der Waals surface area contributed by atoms with E-state index in [9.17, 15) is 13.6 Å². The van der Waals surface area contributed by atoms with Crippen LogP contribution in [0.3, 0.4) is 0 Å². The number of hydrogen-bond donors (Lipinski definition) is 1. The molecule has 0 aliphatic heterocycles. The lowest BCUT2D eigenvalue weighted by atomic mass is 10.2. The van der Waals surface area contributed by atoms with Crippen LogP contribution in [0.25, 0.3) is 10.2 Å². The minimum atomic E-state index is -2.86. The molecule has 0 bridgehead atoms. The Hall–Kier alpha value is -2.52. The Morgan fingerprint density at radius 1 is 1.27 bits per heavy atom. The number of alkyl halides is 2. The van der Waals surface area contributed by atoms with Crippen molar-refractivity contribution in [1.29, 1.82) is 0 Å². The first kappa shape index (κ1) is 18.3. The van der Waals surface area contributed by atoms with Crippen molar-refractivity contribution in [1.82, 2.24) is 10.4 Å². The van der Waals surface area contributed by atoms with Gasteiger partial charge in [0.15, 0.2) is 4.34 Å². The van der Waals surface area contributed by atoms with Gasteiger partial charge in [-0.15, -0.1) is 11.3 Å². The van der Waals surface area contributed by atoms with Crippen molar-refractivity contribution in [3.63, 3.8) is 0 Å². The van der Waals surface area contributed by atoms with Crippen molar-refractivity contribution in [3.8, 4) is 5.75 Å². The summed E-state index contributed by atoms with van der Waals surface area (Å²) in [6.07, 6.45) is 1.42. The highest BCUT2D eigenvalue weighted by Gasteiger charge is 2.07. The minimum Gasteiger partial charge on any atom is -0.435 e. The molecule has 0 spiro atoms. The van der Waals surface area contributed by atoms with Crippen LogP contribution in [0.4, 0.5) is 8.78 Å². The molecule has 3 aromatic rings. The standard InChI is InChI=1S/C17H13F2N3O2S2/c18-16(19)24-12-7-5-11(6-8-12)9-20-22-15(23)10-25-17-21-13-3-1-2-4-14(13)26-17/h1-9,16H,10H2,(H,22,23)/b20-9+. The molecule has 1 heterocycles. The first-order chi connectivity index (χ1) is 12.6. The summed E-state index contributed by atoms with van der Waals surface area (Å²) in [6, 6.07) is 13.7. The molecule has 2 aromatic carbocycles. The average Bonchev–Trinajstić information content (AvgIpc) is 3.04. The van der Waals surface area contributed by atoms with Crippen LogP contribution < -0.4 is 10.2 Å². The van der Waals surface area contributed by atoms with Crippen molar-refractivity contribution < 1.29 is 18.3 Å². The van der Waals surface area contributed by atoms with E-state index in [0.29, 0.717) is 5.56 Å². The van der Waals surface area contributed by atoms with Crippen LogP contribution in [0, 0.1) is 0 Å². The fraction of sp³-hybridized carbons (Fsp3) is 0.118. The number of nitrogens with zero attached hydrogens (tertiary/aromatic N) is 2. The van der Waals surface area contributed by atoms with Gasteiger partial charge >= 0.3 is 6.61 Å². The molecule has 0 atom stereocenters. The van der Waals surface area contributed by atoms with Crippen molar-refractivity contribution in [2.45, 2.75) is 11.0 Å². The smallest absolute Gasteiger partial charge is 0.387 e. The van der Waals surface area contributed by atoms with Crippen molar-refractivity contribution >= 4 is 45.4 Å². The molecular weight excluding hydrogens is 380 g/mol. The van der Waals surface area contributed by atoms with Crippen molar-refractivity contribution in [2.24, 2.45) is 5.10 Å². The largest absolute Gasteiger partial charge is 0.435 e. The normalized spacial score (nSPS) is 11.3. The van der Waals surface area contributed by atoms with Gasteiger partial charge in [0, 0.05) is 0 Å². The van der Waals surface area contributed by atoms with Gasteiger partial charge in [0.25, 0.3) is 5.91 Å². The van der Waals surface area contributed by atoms with Gasteiger partial charge < -0.3 is 4.74 Å². The topological polar surface area (TPSA) is 63.6 Å². The number of halogens is 2. The van der Waals surface area contributed by atoms with E-state index in [1.165, 1.54) is 41.4 Å². The van der Waals surface area contributed by atoms with E-state index in [0.717, 1.165) is 14.6 Å². The van der Waals surface area contributed by atoms with Crippen LogP contribution in [-0.4, -0.2) is 29.5 Å². The Morgan fingerprint density at radius 2 is 2.04 bits per heavy atom. The Kier molecular flexibility index (Phi) is 6.13. The summed E-state index contributed by atoms with van der Waals surface area (Å²) in [5.74, 6) is -0.00483. The van der Waals surface area contributed by atoms with Gasteiger partial charge in [0.05, 0.1) is 22.2 Å². The minimum absolute atomic E-state index is 0.0634. The second kappa shape index (κ2) is 8.72. The number of carbonyl (C=O) groups excluding carboxylic acids is 1. The predicted molar refractivity (Wildman–Crippen MR) is 99.2 cm³/mol. The highest BCUT2D eigenvalue weighted by molar-refractivity contribution is 8.01. The number of rotatable bonds is 7. The third-order valence-corrected chi connectivity index (χ3v) is 5.29. The van der Waals surface area contributed by atoms with E-state index in [2.05, 4.69) is 20.2 Å². The summed E-state index contributed by atoms with van der Waals surface area (Å²) in [5, 5.41) is 3.84. The molecule has 0 aliphatic rings. The number of carbonyl (C=O) groups is 1. The summed E-state index contributed by atoms with van der Waals surface area (Å²) in [6.45, 7) is -2.86. The quantitative estimate of drug-likeness (QED) is 0.372. The van der Waals surface area contributed by atoms with Crippen molar-refractivity contribution in [3.05, 3.63) is 54.1 Å². The molecule has 5 nitrogen and oxygen atoms in total. The summed E-state index contributed by atoms with van der Waals surface area (Å²) in [4.78, 5) is 16.3. The molecule has 1 amide bonds. The molecule has 9 heteroatoms. The van der Waals surface area contributed by atoms with E-state index in [1.807, 2.05) is 24.3 Å². The molecule has 0 aliphatic carbocycles. The zero-order valence-electron chi connectivity index (χ0n) is 13.3. The highest BCUT2D eigenvalue weighted by atomic mass is 32.2. The van der Waals surface area contributed by atoms with E-state index >= 15 is 0 Å². The average molecular weight is 393 g/mol. The Bertz CT molecular complexity index is 881. The predicted octanol–water partition coefficient (Wildman–Crippen LogP) is 4.14. The van der Waals surface area contributed by atoms with Gasteiger partial charge in [-0.2, -0.15) is 13.9 Å². The monoisotopic (exact) mass is 393 g/mol. The Balaban J connectivity index is 1.46. The molecule has 0 unspecified atom stereocenters. The van der Waals surface area contributed by atoms with E-state index in [1.54, 1.807) is 12.1 Å². The number of para-hydroxylation sites is 1. The number of thiazole rings is 1. The van der Waals surface area contributed by atoms with Gasteiger partial charge in [-0.05, 0) is 42.0 Å².